The van der Waals surface area contributed by atoms with Crippen LogP contribution in [0.3, 0.4) is 0 Å². The molecule has 0 aromatic heterocycles. The number of aliphatic hydroxyl groups excluding tert-OH is 1. The van der Waals surface area contributed by atoms with E-state index in [4.69, 9.17) is 0 Å². The first-order chi connectivity index (χ1) is 7.39. The first-order valence-corrected chi connectivity index (χ1v) is 5.90. The van der Waals surface area contributed by atoms with Crippen LogP contribution in [0.5, 0.6) is 0 Å². The highest BCUT2D eigenvalue weighted by molar-refractivity contribution is 5.98. The molecular weight excluding hydrogens is 206 g/mol. The molecule has 16 heavy (non-hydrogen) atoms. The van der Waals surface area contributed by atoms with Gasteiger partial charge < -0.3 is 5.11 Å². The Bertz CT molecular complexity index is 300. The molecule has 2 rings (SSSR count). The van der Waals surface area contributed by atoms with Crippen LogP contribution in [-0.2, 0) is 9.59 Å². The molecule has 2 fully saturated rings. The summed E-state index contributed by atoms with van der Waals surface area (Å²) in [6.45, 7) is 4.05. The van der Waals surface area contributed by atoms with Crippen molar-refractivity contribution in [3.8, 4) is 0 Å². The lowest BCUT2D eigenvalue weighted by Crippen LogP contribution is -2.49. The Morgan fingerprint density at radius 2 is 1.81 bits per heavy atom. The summed E-state index contributed by atoms with van der Waals surface area (Å²) in [5.41, 5.74) is -0.227. The van der Waals surface area contributed by atoms with Crippen molar-refractivity contribution in [3.63, 3.8) is 0 Å². The first kappa shape index (κ1) is 11.6. The standard InChI is InChI=1S/C12H19NO3/c1-12(2)5-10(15)13(11(16)6-12)7-9(14)8-3-4-8/h8-9,14H,3-7H2,1-2H3. The second kappa shape index (κ2) is 3.84. The summed E-state index contributed by atoms with van der Waals surface area (Å²) in [4.78, 5) is 24.8. The van der Waals surface area contributed by atoms with E-state index in [1.807, 2.05) is 13.8 Å². The molecule has 4 heteroatoms. The number of carbonyl (C=O) groups excluding carboxylic acids is 2. The Morgan fingerprint density at radius 1 is 1.31 bits per heavy atom. The number of amides is 2. The predicted octanol–water partition coefficient (Wildman–Crippen LogP) is 0.932. The maximum Gasteiger partial charge on any atom is 0.229 e. The summed E-state index contributed by atoms with van der Waals surface area (Å²) >= 11 is 0. The zero-order valence-corrected chi connectivity index (χ0v) is 9.90. The van der Waals surface area contributed by atoms with Gasteiger partial charge in [0.1, 0.15) is 0 Å². The second-order valence-electron chi connectivity index (χ2n) is 5.82. The Hall–Kier alpha value is -0.900. The van der Waals surface area contributed by atoms with E-state index in [0.29, 0.717) is 18.8 Å². The largest absolute Gasteiger partial charge is 0.391 e. The summed E-state index contributed by atoms with van der Waals surface area (Å²) in [6.07, 6.45) is 2.31. The minimum absolute atomic E-state index is 0.138. The summed E-state index contributed by atoms with van der Waals surface area (Å²) in [5, 5.41) is 9.76. The van der Waals surface area contributed by atoms with Crippen molar-refractivity contribution in [2.24, 2.45) is 11.3 Å². The van der Waals surface area contributed by atoms with E-state index < -0.39 is 6.10 Å². The van der Waals surface area contributed by atoms with Gasteiger partial charge in [-0.2, -0.15) is 0 Å². The van der Waals surface area contributed by atoms with E-state index in [2.05, 4.69) is 0 Å². The molecule has 1 aliphatic carbocycles. The van der Waals surface area contributed by atoms with Crippen LogP contribution >= 0.6 is 0 Å². The number of β-amino-alcohol motifs (C(OH)–C–C–N with tert-alkyl or cyclic N) is 1. The average molecular weight is 225 g/mol. The quantitative estimate of drug-likeness (QED) is 0.727. The third-order valence-corrected chi connectivity index (χ3v) is 3.40. The minimum Gasteiger partial charge on any atom is -0.391 e. The molecule has 1 aliphatic heterocycles. The van der Waals surface area contributed by atoms with Crippen LogP contribution in [0.1, 0.15) is 39.5 Å². The van der Waals surface area contributed by atoms with Gasteiger partial charge in [-0.05, 0) is 24.2 Å². The maximum atomic E-state index is 11.8. The van der Waals surface area contributed by atoms with Crippen LogP contribution in [0.25, 0.3) is 0 Å². The molecule has 0 radical (unpaired) electrons. The fourth-order valence-electron chi connectivity index (χ4n) is 2.23. The number of rotatable bonds is 3. The minimum atomic E-state index is -0.519. The van der Waals surface area contributed by atoms with Gasteiger partial charge in [0.2, 0.25) is 11.8 Å². The Kier molecular flexibility index (Phi) is 2.78. The van der Waals surface area contributed by atoms with Gasteiger partial charge in [-0.25, -0.2) is 0 Å². The molecular formula is C12H19NO3. The van der Waals surface area contributed by atoms with Crippen molar-refractivity contribution in [1.29, 1.82) is 0 Å². The normalized spacial score (nSPS) is 27.1. The predicted molar refractivity (Wildman–Crippen MR) is 58.5 cm³/mol. The molecule has 2 aliphatic rings. The van der Waals surface area contributed by atoms with Crippen molar-refractivity contribution >= 4 is 11.8 Å². The maximum absolute atomic E-state index is 11.8. The lowest BCUT2D eigenvalue weighted by atomic mass is 9.81. The van der Waals surface area contributed by atoms with Gasteiger partial charge in [0.15, 0.2) is 0 Å². The van der Waals surface area contributed by atoms with Crippen LogP contribution < -0.4 is 0 Å². The number of carbonyl (C=O) groups is 2. The number of piperidine rings is 1. The van der Waals surface area contributed by atoms with E-state index in [9.17, 15) is 14.7 Å². The average Bonchev–Trinajstić information content (AvgIpc) is 2.91. The van der Waals surface area contributed by atoms with E-state index in [1.165, 1.54) is 4.90 Å². The Balaban J connectivity index is 1.98. The molecule has 1 saturated heterocycles. The van der Waals surface area contributed by atoms with Gasteiger partial charge in [0.05, 0.1) is 12.6 Å². The molecule has 0 spiro atoms. The molecule has 1 heterocycles. The van der Waals surface area contributed by atoms with Crippen molar-refractivity contribution in [2.75, 3.05) is 6.54 Å². The monoisotopic (exact) mass is 225 g/mol. The van der Waals surface area contributed by atoms with Crippen molar-refractivity contribution in [3.05, 3.63) is 0 Å². The van der Waals surface area contributed by atoms with Crippen LogP contribution in [-0.4, -0.2) is 34.5 Å². The number of nitrogens with zero attached hydrogens (tertiary/aromatic N) is 1. The van der Waals surface area contributed by atoms with Gasteiger partial charge >= 0.3 is 0 Å². The van der Waals surface area contributed by atoms with Crippen LogP contribution in [0.15, 0.2) is 0 Å². The first-order valence-electron chi connectivity index (χ1n) is 5.90. The highest BCUT2D eigenvalue weighted by Crippen LogP contribution is 2.35. The molecule has 0 aromatic rings. The van der Waals surface area contributed by atoms with Gasteiger partial charge in [-0.3, -0.25) is 14.5 Å². The van der Waals surface area contributed by atoms with Crippen molar-refractivity contribution in [1.82, 2.24) is 4.90 Å². The Labute approximate surface area is 95.6 Å². The molecule has 1 unspecified atom stereocenters. The molecule has 4 nitrogen and oxygen atoms in total. The third kappa shape index (κ3) is 2.43. The molecule has 0 aromatic carbocycles. The Morgan fingerprint density at radius 3 is 2.25 bits per heavy atom. The third-order valence-electron chi connectivity index (χ3n) is 3.40. The molecule has 1 saturated carbocycles. The fourth-order valence-corrected chi connectivity index (χ4v) is 2.23. The number of aliphatic hydroxyl groups is 1. The molecule has 1 atom stereocenters. The second-order valence-corrected chi connectivity index (χ2v) is 5.82. The van der Waals surface area contributed by atoms with Crippen LogP contribution in [0.2, 0.25) is 0 Å². The molecule has 1 N–H and O–H groups in total. The zero-order valence-electron chi connectivity index (χ0n) is 9.90. The highest BCUT2D eigenvalue weighted by Gasteiger charge is 2.40. The fraction of sp³-hybridized carbons (Fsp3) is 0.833. The number of likely N-dealkylation sites (tertiary alicyclic amines) is 1. The molecule has 90 valence electrons. The SMILES string of the molecule is CC1(C)CC(=O)N(CC(O)C2CC2)C(=O)C1. The zero-order chi connectivity index (χ0) is 11.9. The van der Waals surface area contributed by atoms with Crippen molar-refractivity contribution in [2.45, 2.75) is 45.6 Å². The van der Waals surface area contributed by atoms with Crippen LogP contribution in [0, 0.1) is 11.3 Å². The van der Waals surface area contributed by atoms with Crippen LogP contribution in [0.4, 0.5) is 0 Å². The topological polar surface area (TPSA) is 57.6 Å². The highest BCUT2D eigenvalue weighted by atomic mass is 16.3. The van der Waals surface area contributed by atoms with E-state index in [0.717, 1.165) is 12.8 Å². The van der Waals surface area contributed by atoms with Gasteiger partial charge in [-0.15, -0.1) is 0 Å². The lowest BCUT2D eigenvalue weighted by Gasteiger charge is -2.35. The van der Waals surface area contributed by atoms with E-state index >= 15 is 0 Å². The van der Waals surface area contributed by atoms with E-state index in [1.54, 1.807) is 0 Å². The number of hydrogen-bond acceptors (Lipinski definition) is 3. The number of hydrogen-bond donors (Lipinski definition) is 1. The summed E-state index contributed by atoms with van der Waals surface area (Å²) < 4.78 is 0. The summed E-state index contributed by atoms with van der Waals surface area (Å²) in [7, 11) is 0. The van der Waals surface area contributed by atoms with E-state index in [-0.39, 0.29) is 23.8 Å². The lowest BCUT2D eigenvalue weighted by molar-refractivity contribution is -0.154. The van der Waals surface area contributed by atoms with Crippen molar-refractivity contribution < 1.29 is 14.7 Å². The molecule has 0 bridgehead atoms. The van der Waals surface area contributed by atoms with Gasteiger partial charge in [-0.1, -0.05) is 13.8 Å². The summed E-state index contributed by atoms with van der Waals surface area (Å²) in [5.74, 6) is 0.0254. The van der Waals surface area contributed by atoms with Gasteiger partial charge in [0.25, 0.3) is 0 Å². The number of imide groups is 1. The summed E-state index contributed by atoms with van der Waals surface area (Å²) in [6, 6.07) is 0. The molecule has 2 amide bonds. The smallest absolute Gasteiger partial charge is 0.229 e. The van der Waals surface area contributed by atoms with Gasteiger partial charge in [0, 0.05) is 12.8 Å².